The number of Topliss-reactive ketones (excluding diaryl/α,β-unsaturated/α-hetero) is 1. The normalized spacial score (nSPS) is 15.0. The molecule has 0 radical (unpaired) electrons. The van der Waals surface area contributed by atoms with Gasteiger partial charge >= 0.3 is 5.97 Å². The summed E-state index contributed by atoms with van der Waals surface area (Å²) < 4.78 is 19.9. The van der Waals surface area contributed by atoms with Crippen LogP contribution in [-0.4, -0.2) is 35.3 Å². The summed E-state index contributed by atoms with van der Waals surface area (Å²) in [6.07, 6.45) is 1.92. The molecule has 0 bridgehead atoms. The van der Waals surface area contributed by atoms with Crippen molar-refractivity contribution in [3.05, 3.63) is 116 Å². The second-order valence-electron chi connectivity index (χ2n) is 8.57. The zero-order valence-electron chi connectivity index (χ0n) is 21.2. The van der Waals surface area contributed by atoms with Gasteiger partial charge in [0, 0.05) is 23.4 Å². The minimum Gasteiger partial charge on any atom is -0.503 e. The molecule has 1 unspecified atom stereocenters. The lowest BCUT2D eigenvalue weighted by molar-refractivity contribution is -0.137. The highest BCUT2D eigenvalue weighted by Gasteiger charge is 2.45. The predicted molar refractivity (Wildman–Crippen MR) is 153 cm³/mol. The topological polar surface area (TPSA) is 113 Å². The molecule has 1 heterocycles. The maximum Gasteiger partial charge on any atom is 0.330 e. The van der Waals surface area contributed by atoms with Crippen LogP contribution in [-0.2, 0) is 19.1 Å². The van der Waals surface area contributed by atoms with Crippen LogP contribution in [0.15, 0.2) is 84.1 Å². The summed E-state index contributed by atoms with van der Waals surface area (Å²) in [7, 11) is 0. The number of hydrogen-bond acceptors (Lipinski definition) is 6. The maximum absolute atomic E-state index is 15.1. The van der Waals surface area contributed by atoms with E-state index in [0.29, 0.717) is 0 Å². The molecule has 41 heavy (non-hydrogen) atoms. The maximum atomic E-state index is 15.1. The van der Waals surface area contributed by atoms with Crippen LogP contribution >= 0.6 is 34.8 Å². The summed E-state index contributed by atoms with van der Waals surface area (Å²) in [5.74, 6) is -5.04. The molecule has 0 spiro atoms. The molecule has 1 aliphatic rings. The van der Waals surface area contributed by atoms with Crippen LogP contribution in [0.25, 0.3) is 0 Å². The SMILES string of the molecule is CCOC(=O)/C=C/C(=O)Nc1cccc(C(=O)C2=C(O)C(=O)N(c3cccc(Cl)c3F)C2c2ccc(Cl)c(Cl)c2)c1. The number of anilines is 2. The number of halogens is 4. The lowest BCUT2D eigenvalue weighted by Crippen LogP contribution is -2.32. The van der Waals surface area contributed by atoms with Crippen molar-refractivity contribution >= 4 is 69.7 Å². The first kappa shape index (κ1) is 29.8. The van der Waals surface area contributed by atoms with Gasteiger partial charge in [0.25, 0.3) is 5.91 Å². The summed E-state index contributed by atoms with van der Waals surface area (Å²) in [5.41, 5.74) is -0.207. The number of aliphatic hydroxyl groups is 1. The summed E-state index contributed by atoms with van der Waals surface area (Å²) in [6.45, 7) is 1.76. The molecule has 0 aliphatic carbocycles. The molecule has 2 N–H and O–H groups in total. The third kappa shape index (κ3) is 6.27. The lowest BCUT2D eigenvalue weighted by Gasteiger charge is -2.27. The van der Waals surface area contributed by atoms with E-state index in [-0.39, 0.29) is 49.7 Å². The fraction of sp³-hybridized carbons (Fsp3) is 0.103. The average Bonchev–Trinajstić information content (AvgIpc) is 3.20. The Hall–Kier alpha value is -4.18. The summed E-state index contributed by atoms with van der Waals surface area (Å²) in [6, 6.07) is 12.7. The molecular weight excluding hydrogens is 598 g/mol. The van der Waals surface area contributed by atoms with E-state index in [9.17, 15) is 24.3 Å². The molecular formula is C29H20Cl3FN2O6. The van der Waals surface area contributed by atoms with Crippen molar-refractivity contribution in [2.45, 2.75) is 13.0 Å². The minimum atomic E-state index is -1.32. The number of benzene rings is 3. The van der Waals surface area contributed by atoms with Crippen LogP contribution in [0.1, 0.15) is 28.9 Å². The van der Waals surface area contributed by atoms with Crippen molar-refractivity contribution in [3.8, 4) is 0 Å². The van der Waals surface area contributed by atoms with Crippen LogP contribution in [0, 0.1) is 5.82 Å². The molecule has 12 heteroatoms. The van der Waals surface area contributed by atoms with Crippen molar-refractivity contribution in [3.63, 3.8) is 0 Å². The van der Waals surface area contributed by atoms with Gasteiger partial charge < -0.3 is 15.2 Å². The highest BCUT2D eigenvalue weighted by atomic mass is 35.5. The largest absolute Gasteiger partial charge is 0.503 e. The molecule has 3 aromatic carbocycles. The van der Waals surface area contributed by atoms with Crippen LogP contribution < -0.4 is 10.2 Å². The molecule has 0 fully saturated rings. The monoisotopic (exact) mass is 616 g/mol. The van der Waals surface area contributed by atoms with E-state index in [0.717, 1.165) is 17.1 Å². The smallest absolute Gasteiger partial charge is 0.330 e. The molecule has 2 amide bonds. The second-order valence-corrected chi connectivity index (χ2v) is 9.79. The number of amides is 2. The van der Waals surface area contributed by atoms with E-state index in [4.69, 9.17) is 39.5 Å². The van der Waals surface area contributed by atoms with Crippen LogP contribution in [0.3, 0.4) is 0 Å². The Morgan fingerprint density at radius 1 is 1.00 bits per heavy atom. The van der Waals surface area contributed by atoms with E-state index in [1.165, 1.54) is 60.7 Å². The molecule has 4 rings (SSSR count). The number of aliphatic hydroxyl groups excluding tert-OH is 1. The summed E-state index contributed by atoms with van der Waals surface area (Å²) >= 11 is 18.3. The number of esters is 1. The Morgan fingerprint density at radius 3 is 2.44 bits per heavy atom. The number of ketones is 1. The second kappa shape index (κ2) is 12.6. The fourth-order valence-corrected chi connectivity index (χ4v) is 4.65. The first-order valence-corrected chi connectivity index (χ1v) is 13.1. The highest BCUT2D eigenvalue weighted by molar-refractivity contribution is 6.42. The van der Waals surface area contributed by atoms with E-state index in [1.807, 2.05) is 0 Å². The Balaban J connectivity index is 1.74. The van der Waals surface area contributed by atoms with E-state index in [2.05, 4.69) is 5.32 Å². The van der Waals surface area contributed by atoms with Gasteiger partial charge in [0.2, 0.25) is 5.91 Å². The summed E-state index contributed by atoms with van der Waals surface area (Å²) in [4.78, 5) is 51.8. The Bertz CT molecular complexity index is 1640. The molecule has 3 aromatic rings. The van der Waals surface area contributed by atoms with Crippen molar-refractivity contribution < 1.29 is 33.4 Å². The van der Waals surface area contributed by atoms with Crippen molar-refractivity contribution in [2.75, 3.05) is 16.8 Å². The minimum absolute atomic E-state index is 0.00926. The molecule has 0 aromatic heterocycles. The van der Waals surface area contributed by atoms with E-state index >= 15 is 4.39 Å². The van der Waals surface area contributed by atoms with Crippen LogP contribution in [0.4, 0.5) is 15.8 Å². The molecule has 1 atom stereocenters. The molecule has 0 saturated heterocycles. The van der Waals surface area contributed by atoms with E-state index in [1.54, 1.807) is 6.92 Å². The molecule has 1 aliphatic heterocycles. The van der Waals surface area contributed by atoms with Crippen molar-refractivity contribution in [2.24, 2.45) is 0 Å². The van der Waals surface area contributed by atoms with Gasteiger partial charge in [-0.05, 0) is 48.9 Å². The standard InChI is InChI=1S/C29H20Cl3FN2O6/c1-2-41-23(37)12-11-22(36)34-17-6-3-5-16(13-17)27(38)24-26(15-9-10-18(30)20(32)14-15)35(29(40)28(24)39)21-8-4-7-19(31)25(21)33/h3-14,26,39H,2H2,1H3,(H,34,36)/b12-11+. The zero-order chi connectivity index (χ0) is 29.8. The lowest BCUT2D eigenvalue weighted by atomic mass is 9.92. The number of carbonyl (C=O) groups is 4. The molecule has 0 saturated carbocycles. The number of hydrogen-bond donors (Lipinski definition) is 2. The van der Waals surface area contributed by atoms with Crippen molar-refractivity contribution in [1.29, 1.82) is 0 Å². The van der Waals surface area contributed by atoms with E-state index < -0.39 is 41.2 Å². The molecule has 8 nitrogen and oxygen atoms in total. The van der Waals surface area contributed by atoms with Crippen LogP contribution in [0.2, 0.25) is 15.1 Å². The van der Waals surface area contributed by atoms with Gasteiger partial charge in [0.15, 0.2) is 17.4 Å². The number of nitrogens with zero attached hydrogens (tertiary/aromatic N) is 1. The van der Waals surface area contributed by atoms with Gasteiger partial charge in [0.05, 0.1) is 39.0 Å². The Morgan fingerprint density at radius 2 is 1.73 bits per heavy atom. The number of carbonyl (C=O) groups excluding carboxylic acids is 4. The van der Waals surface area contributed by atoms with Gasteiger partial charge in [-0.2, -0.15) is 0 Å². The summed E-state index contributed by atoms with van der Waals surface area (Å²) in [5, 5.41) is 13.5. The first-order chi connectivity index (χ1) is 19.5. The average molecular weight is 618 g/mol. The highest BCUT2D eigenvalue weighted by Crippen LogP contribution is 2.44. The third-order valence-corrected chi connectivity index (χ3v) is 6.98. The predicted octanol–water partition coefficient (Wildman–Crippen LogP) is 6.63. The van der Waals surface area contributed by atoms with Crippen LogP contribution in [0.5, 0.6) is 0 Å². The quantitative estimate of drug-likeness (QED) is 0.167. The number of ether oxygens (including phenoxy) is 1. The Kier molecular flexibility index (Phi) is 9.12. The zero-order valence-corrected chi connectivity index (χ0v) is 23.4. The van der Waals surface area contributed by atoms with Gasteiger partial charge in [-0.1, -0.05) is 59.1 Å². The fourth-order valence-electron chi connectivity index (χ4n) is 4.17. The van der Waals surface area contributed by atoms with Gasteiger partial charge in [-0.15, -0.1) is 0 Å². The third-order valence-electron chi connectivity index (χ3n) is 5.95. The number of rotatable bonds is 8. The number of nitrogens with one attached hydrogen (secondary N) is 1. The van der Waals surface area contributed by atoms with Gasteiger partial charge in [-0.25, -0.2) is 9.18 Å². The Labute approximate surface area is 248 Å². The van der Waals surface area contributed by atoms with Gasteiger partial charge in [0.1, 0.15) is 0 Å². The van der Waals surface area contributed by atoms with Gasteiger partial charge in [-0.3, -0.25) is 19.3 Å². The first-order valence-electron chi connectivity index (χ1n) is 12.0. The molecule has 210 valence electrons. The van der Waals surface area contributed by atoms with Crippen molar-refractivity contribution in [1.82, 2.24) is 0 Å².